The van der Waals surface area contributed by atoms with Gasteiger partial charge in [0.2, 0.25) is 0 Å². The Morgan fingerprint density at radius 1 is 1.54 bits per heavy atom. The molecule has 0 aliphatic carbocycles. The molecule has 1 aromatic rings. The number of hydrogen-bond acceptors (Lipinski definition) is 2. The molecule has 0 saturated carbocycles. The molecule has 13 heavy (non-hydrogen) atoms. The van der Waals surface area contributed by atoms with E-state index in [1.807, 2.05) is 0 Å². The van der Waals surface area contributed by atoms with Crippen molar-refractivity contribution in [3.8, 4) is 0 Å². The first-order valence-corrected chi connectivity index (χ1v) is 3.53. The number of alkyl halides is 2. The molecule has 0 aliphatic rings. The van der Waals surface area contributed by atoms with Gasteiger partial charge < -0.3 is 0 Å². The average Bonchev–Trinajstić information content (AvgIpc) is 2.03. The molecule has 0 unspecified atom stereocenters. The minimum absolute atomic E-state index is 0.0531. The second-order valence-corrected chi connectivity index (χ2v) is 2.55. The molecule has 2 nitrogen and oxygen atoms in total. The Hall–Kier alpha value is -1.10. The van der Waals surface area contributed by atoms with Gasteiger partial charge in [0.15, 0.2) is 12.1 Å². The normalized spacial score (nSPS) is 10.5. The largest absolute Gasteiger partial charge is 0.296 e. The fourth-order valence-corrected chi connectivity index (χ4v) is 0.952. The van der Waals surface area contributed by atoms with E-state index in [1.165, 1.54) is 0 Å². The summed E-state index contributed by atoms with van der Waals surface area (Å²) in [6.07, 6.45) is -2.87. The Balaban J connectivity index is 3.30. The lowest BCUT2D eigenvalue weighted by Crippen LogP contribution is -1.99. The lowest BCUT2D eigenvalue weighted by atomic mass is 10.3. The molecule has 1 rings (SSSR count). The van der Waals surface area contributed by atoms with Crippen LogP contribution >= 0.6 is 11.6 Å². The molecule has 0 N–H and O–H groups in total. The van der Waals surface area contributed by atoms with Gasteiger partial charge in [-0.1, -0.05) is 11.6 Å². The monoisotopic (exact) mass is 209 g/mol. The zero-order chi connectivity index (χ0) is 10.0. The predicted octanol–water partition coefficient (Wildman–Crippen LogP) is 2.62. The first-order chi connectivity index (χ1) is 6.06. The van der Waals surface area contributed by atoms with Crippen LogP contribution in [0.25, 0.3) is 0 Å². The summed E-state index contributed by atoms with van der Waals surface area (Å²) in [4.78, 5) is 13.2. The van der Waals surface area contributed by atoms with Crippen molar-refractivity contribution in [2.24, 2.45) is 0 Å². The van der Waals surface area contributed by atoms with Gasteiger partial charge in [0.05, 0.1) is 5.02 Å². The lowest BCUT2D eigenvalue weighted by Gasteiger charge is -2.02. The van der Waals surface area contributed by atoms with E-state index in [2.05, 4.69) is 4.98 Å². The summed E-state index contributed by atoms with van der Waals surface area (Å²) in [5.74, 6) is -1.01. The van der Waals surface area contributed by atoms with Crippen molar-refractivity contribution in [2.75, 3.05) is 0 Å². The maximum absolute atomic E-state index is 12.7. The molecule has 0 spiro atoms. The van der Waals surface area contributed by atoms with Crippen LogP contribution in [-0.2, 0) is 0 Å². The molecule has 0 aromatic carbocycles. The minimum atomic E-state index is -2.92. The molecule has 0 aliphatic heterocycles. The van der Waals surface area contributed by atoms with Gasteiger partial charge in [-0.2, -0.15) is 0 Å². The van der Waals surface area contributed by atoms with Gasteiger partial charge in [0, 0.05) is 0 Å². The van der Waals surface area contributed by atoms with E-state index in [0.717, 1.165) is 0 Å². The Morgan fingerprint density at radius 3 is 2.62 bits per heavy atom. The van der Waals surface area contributed by atoms with E-state index < -0.39 is 28.7 Å². The summed E-state index contributed by atoms with van der Waals surface area (Å²) in [5.41, 5.74) is -1.45. The maximum Gasteiger partial charge on any atom is 0.281 e. The number of halogens is 4. The summed E-state index contributed by atoms with van der Waals surface area (Å²) >= 11 is 5.26. The highest BCUT2D eigenvalue weighted by atomic mass is 35.5. The molecule has 1 heterocycles. The quantitative estimate of drug-likeness (QED) is 0.701. The molecular weight excluding hydrogens is 207 g/mol. The van der Waals surface area contributed by atoms with E-state index in [1.54, 1.807) is 0 Å². The van der Waals surface area contributed by atoms with Crippen LogP contribution in [0.2, 0.25) is 5.02 Å². The van der Waals surface area contributed by atoms with E-state index in [9.17, 15) is 18.0 Å². The molecule has 0 bridgehead atoms. The van der Waals surface area contributed by atoms with E-state index in [4.69, 9.17) is 11.6 Å². The fourth-order valence-electron chi connectivity index (χ4n) is 0.731. The van der Waals surface area contributed by atoms with Crippen molar-refractivity contribution in [1.29, 1.82) is 0 Å². The smallest absolute Gasteiger partial charge is 0.281 e. The van der Waals surface area contributed by atoms with E-state index >= 15 is 0 Å². The third kappa shape index (κ3) is 1.98. The zero-order valence-corrected chi connectivity index (χ0v) is 6.86. The molecular formula is C7H3ClF3NO. The number of carbonyl (C=O) groups is 1. The van der Waals surface area contributed by atoms with Gasteiger partial charge in [0.1, 0.15) is 11.4 Å². The van der Waals surface area contributed by atoms with Crippen LogP contribution in [0.15, 0.2) is 6.07 Å². The van der Waals surface area contributed by atoms with Crippen molar-refractivity contribution < 1.29 is 18.0 Å². The number of aldehydes is 1. The number of pyridine rings is 1. The fraction of sp³-hybridized carbons (Fsp3) is 0.143. The van der Waals surface area contributed by atoms with Crippen LogP contribution in [0.4, 0.5) is 13.2 Å². The molecule has 0 atom stereocenters. The third-order valence-electron chi connectivity index (χ3n) is 1.30. The summed E-state index contributed by atoms with van der Waals surface area (Å²) in [6.45, 7) is 0. The van der Waals surface area contributed by atoms with Gasteiger partial charge in [0.25, 0.3) is 6.43 Å². The molecule has 70 valence electrons. The molecule has 0 radical (unpaired) electrons. The second-order valence-electron chi connectivity index (χ2n) is 2.14. The Bertz CT molecular complexity index is 343. The minimum Gasteiger partial charge on any atom is -0.296 e. The van der Waals surface area contributed by atoms with E-state index in [0.29, 0.717) is 6.07 Å². The lowest BCUT2D eigenvalue weighted by molar-refractivity contribution is 0.111. The molecule has 6 heteroatoms. The van der Waals surface area contributed by atoms with Crippen LogP contribution in [0.1, 0.15) is 22.6 Å². The Morgan fingerprint density at radius 2 is 2.15 bits per heavy atom. The SMILES string of the molecule is O=Cc1nc(C(F)F)c(Cl)cc1F. The van der Waals surface area contributed by atoms with Crippen molar-refractivity contribution in [2.45, 2.75) is 6.43 Å². The molecule has 0 fully saturated rings. The van der Waals surface area contributed by atoms with Gasteiger partial charge in [-0.05, 0) is 6.07 Å². The highest BCUT2D eigenvalue weighted by Crippen LogP contribution is 2.25. The van der Waals surface area contributed by atoms with Crippen LogP contribution in [0.5, 0.6) is 0 Å². The summed E-state index contributed by atoms with van der Waals surface area (Å²) in [6, 6.07) is 0.639. The first kappa shape index (κ1) is 9.98. The summed E-state index contributed by atoms with van der Waals surface area (Å²) < 4.78 is 36.9. The summed E-state index contributed by atoms with van der Waals surface area (Å²) in [7, 11) is 0. The standard InChI is InChI=1S/C7H3ClF3NO/c8-3-1-4(9)5(2-13)12-6(3)7(10)11/h1-2,7H. The van der Waals surface area contributed by atoms with Gasteiger partial charge in [-0.25, -0.2) is 18.2 Å². The average molecular weight is 210 g/mol. The van der Waals surface area contributed by atoms with Gasteiger partial charge in [-0.3, -0.25) is 4.79 Å². The number of hydrogen-bond donors (Lipinski definition) is 0. The first-order valence-electron chi connectivity index (χ1n) is 3.15. The van der Waals surface area contributed by atoms with Crippen molar-refractivity contribution in [1.82, 2.24) is 4.98 Å². The molecule has 0 saturated heterocycles. The predicted molar refractivity (Wildman–Crippen MR) is 39.5 cm³/mol. The van der Waals surface area contributed by atoms with E-state index in [-0.39, 0.29) is 6.29 Å². The van der Waals surface area contributed by atoms with Gasteiger partial charge in [-0.15, -0.1) is 0 Å². The Labute approximate surface area is 76.3 Å². The maximum atomic E-state index is 12.7. The van der Waals surface area contributed by atoms with Crippen molar-refractivity contribution >= 4 is 17.9 Å². The Kier molecular flexibility index (Phi) is 2.87. The number of rotatable bonds is 2. The van der Waals surface area contributed by atoms with Crippen molar-refractivity contribution in [3.63, 3.8) is 0 Å². The van der Waals surface area contributed by atoms with Crippen LogP contribution in [0.3, 0.4) is 0 Å². The highest BCUT2D eigenvalue weighted by molar-refractivity contribution is 6.31. The summed E-state index contributed by atoms with van der Waals surface area (Å²) in [5, 5.41) is -0.488. The zero-order valence-electron chi connectivity index (χ0n) is 6.10. The van der Waals surface area contributed by atoms with Crippen LogP contribution in [0, 0.1) is 5.82 Å². The van der Waals surface area contributed by atoms with Crippen LogP contribution in [-0.4, -0.2) is 11.3 Å². The van der Waals surface area contributed by atoms with Crippen molar-refractivity contribution in [3.05, 3.63) is 28.3 Å². The highest BCUT2D eigenvalue weighted by Gasteiger charge is 2.17. The third-order valence-corrected chi connectivity index (χ3v) is 1.60. The number of aromatic nitrogens is 1. The molecule has 0 amide bonds. The van der Waals surface area contributed by atoms with Gasteiger partial charge >= 0.3 is 0 Å². The molecule has 1 aromatic heterocycles. The number of nitrogens with zero attached hydrogens (tertiary/aromatic N) is 1. The number of carbonyl (C=O) groups excluding carboxylic acids is 1. The second kappa shape index (κ2) is 3.74. The van der Waals surface area contributed by atoms with Crippen LogP contribution < -0.4 is 0 Å². The topological polar surface area (TPSA) is 30.0 Å².